The number of nitrogens with one attached hydrogen (secondary N) is 1. The average Bonchev–Trinajstić information content (AvgIpc) is 2.63. The molecule has 0 unspecified atom stereocenters. The highest BCUT2D eigenvalue weighted by Gasteiger charge is 2.29. The van der Waals surface area contributed by atoms with E-state index in [0.717, 1.165) is 19.5 Å². The standard InChI is InChI=1S/C14H20ClN3O/c1-14(2)5-6-18(9-14)8-13(19)17-10-3-4-11(15)12(16)7-10/h3-4,7H,5-6,8-9,16H2,1-2H3,(H,17,19). The van der Waals surface area contributed by atoms with Crippen molar-refractivity contribution in [2.45, 2.75) is 20.3 Å². The van der Waals surface area contributed by atoms with Crippen molar-refractivity contribution >= 4 is 28.9 Å². The van der Waals surface area contributed by atoms with Gasteiger partial charge in [0.05, 0.1) is 17.3 Å². The van der Waals surface area contributed by atoms with E-state index in [1.807, 2.05) is 0 Å². The van der Waals surface area contributed by atoms with Crippen LogP contribution in [0.3, 0.4) is 0 Å². The highest BCUT2D eigenvalue weighted by atomic mass is 35.5. The molecule has 0 saturated carbocycles. The molecule has 1 heterocycles. The zero-order chi connectivity index (χ0) is 14.0. The molecule has 2 rings (SSSR count). The molecule has 19 heavy (non-hydrogen) atoms. The van der Waals surface area contributed by atoms with Crippen molar-refractivity contribution in [2.75, 3.05) is 30.7 Å². The van der Waals surface area contributed by atoms with Gasteiger partial charge in [-0.25, -0.2) is 0 Å². The molecule has 4 nitrogen and oxygen atoms in total. The van der Waals surface area contributed by atoms with Crippen LogP contribution in [0.5, 0.6) is 0 Å². The maximum absolute atomic E-state index is 11.9. The zero-order valence-corrected chi connectivity index (χ0v) is 12.1. The Bertz CT molecular complexity index is 488. The Balaban J connectivity index is 1.89. The lowest BCUT2D eigenvalue weighted by molar-refractivity contribution is -0.117. The first-order valence-corrected chi connectivity index (χ1v) is 6.81. The van der Waals surface area contributed by atoms with Gasteiger partial charge in [0.15, 0.2) is 0 Å². The molecule has 1 aromatic rings. The van der Waals surface area contributed by atoms with Crippen LogP contribution < -0.4 is 11.1 Å². The van der Waals surface area contributed by atoms with Crippen molar-refractivity contribution in [3.63, 3.8) is 0 Å². The maximum Gasteiger partial charge on any atom is 0.238 e. The van der Waals surface area contributed by atoms with E-state index < -0.39 is 0 Å². The summed E-state index contributed by atoms with van der Waals surface area (Å²) < 4.78 is 0. The fourth-order valence-electron chi connectivity index (χ4n) is 2.38. The number of rotatable bonds is 3. The van der Waals surface area contributed by atoms with Gasteiger partial charge in [0, 0.05) is 12.2 Å². The third-order valence-electron chi connectivity index (χ3n) is 3.40. The monoisotopic (exact) mass is 281 g/mol. The summed E-state index contributed by atoms with van der Waals surface area (Å²) >= 11 is 5.84. The van der Waals surface area contributed by atoms with E-state index in [-0.39, 0.29) is 5.91 Å². The smallest absolute Gasteiger partial charge is 0.238 e. The summed E-state index contributed by atoms with van der Waals surface area (Å²) in [6, 6.07) is 5.12. The molecule has 0 spiro atoms. The summed E-state index contributed by atoms with van der Waals surface area (Å²) in [6.45, 7) is 6.81. The van der Waals surface area contributed by atoms with E-state index in [4.69, 9.17) is 17.3 Å². The van der Waals surface area contributed by atoms with Gasteiger partial charge in [-0.3, -0.25) is 9.69 Å². The highest BCUT2D eigenvalue weighted by molar-refractivity contribution is 6.33. The molecule has 5 heteroatoms. The molecular formula is C14H20ClN3O. The Morgan fingerprint density at radius 2 is 2.26 bits per heavy atom. The van der Waals surface area contributed by atoms with Gasteiger partial charge in [0.1, 0.15) is 0 Å². The van der Waals surface area contributed by atoms with Crippen molar-refractivity contribution in [2.24, 2.45) is 5.41 Å². The third kappa shape index (κ3) is 3.85. The van der Waals surface area contributed by atoms with Crippen molar-refractivity contribution in [1.82, 2.24) is 4.90 Å². The highest BCUT2D eigenvalue weighted by Crippen LogP contribution is 2.28. The molecule has 0 aliphatic carbocycles. The Morgan fingerprint density at radius 3 is 2.84 bits per heavy atom. The molecule has 3 N–H and O–H groups in total. The quantitative estimate of drug-likeness (QED) is 0.837. The van der Waals surface area contributed by atoms with Gasteiger partial charge in [0.2, 0.25) is 5.91 Å². The lowest BCUT2D eigenvalue weighted by Crippen LogP contribution is -2.32. The van der Waals surface area contributed by atoms with Crippen LogP contribution in [0, 0.1) is 5.41 Å². The summed E-state index contributed by atoms with van der Waals surface area (Å²) in [5, 5.41) is 3.34. The van der Waals surface area contributed by atoms with Gasteiger partial charge in [0.25, 0.3) is 0 Å². The third-order valence-corrected chi connectivity index (χ3v) is 3.75. The molecule has 0 atom stereocenters. The number of nitrogens with zero attached hydrogens (tertiary/aromatic N) is 1. The second kappa shape index (κ2) is 5.39. The van der Waals surface area contributed by atoms with E-state index in [1.54, 1.807) is 18.2 Å². The van der Waals surface area contributed by atoms with E-state index in [9.17, 15) is 4.79 Å². The van der Waals surface area contributed by atoms with Gasteiger partial charge < -0.3 is 11.1 Å². The van der Waals surface area contributed by atoms with Crippen molar-refractivity contribution in [1.29, 1.82) is 0 Å². The molecule has 0 aromatic heterocycles. The predicted octanol–water partition coefficient (Wildman–Crippen LogP) is 2.59. The number of anilines is 2. The molecule has 1 saturated heterocycles. The molecule has 1 amide bonds. The molecule has 0 radical (unpaired) electrons. The second-order valence-electron chi connectivity index (χ2n) is 5.91. The van der Waals surface area contributed by atoms with Gasteiger partial charge in [-0.1, -0.05) is 25.4 Å². The van der Waals surface area contributed by atoms with Crippen LogP contribution in [-0.4, -0.2) is 30.4 Å². The molecule has 1 fully saturated rings. The Hall–Kier alpha value is -1.26. The fourth-order valence-corrected chi connectivity index (χ4v) is 2.50. The number of nitrogen functional groups attached to an aromatic ring is 1. The largest absolute Gasteiger partial charge is 0.397 e. The summed E-state index contributed by atoms with van der Waals surface area (Å²) in [7, 11) is 0. The number of halogens is 1. The van der Waals surface area contributed by atoms with Gasteiger partial charge in [-0.05, 0) is 36.6 Å². The first-order chi connectivity index (χ1) is 8.85. The Labute approximate surface area is 118 Å². The van der Waals surface area contributed by atoms with Crippen molar-refractivity contribution in [3.05, 3.63) is 23.2 Å². The van der Waals surface area contributed by atoms with Crippen LogP contribution >= 0.6 is 11.6 Å². The summed E-state index contributed by atoms with van der Waals surface area (Å²) in [4.78, 5) is 14.1. The summed E-state index contributed by atoms with van der Waals surface area (Å²) in [5.41, 5.74) is 7.17. The summed E-state index contributed by atoms with van der Waals surface area (Å²) in [6.07, 6.45) is 1.13. The van der Waals surface area contributed by atoms with Crippen LogP contribution in [0.25, 0.3) is 0 Å². The molecule has 104 valence electrons. The number of hydrogen-bond acceptors (Lipinski definition) is 3. The normalized spacial score (nSPS) is 18.5. The number of benzene rings is 1. The lowest BCUT2D eigenvalue weighted by Gasteiger charge is -2.19. The molecule has 0 bridgehead atoms. The molecule has 1 aromatic carbocycles. The number of likely N-dealkylation sites (tertiary alicyclic amines) is 1. The van der Waals surface area contributed by atoms with Crippen LogP contribution in [0.4, 0.5) is 11.4 Å². The van der Waals surface area contributed by atoms with Crippen LogP contribution in [0.2, 0.25) is 5.02 Å². The van der Waals surface area contributed by atoms with Crippen molar-refractivity contribution in [3.8, 4) is 0 Å². The Kier molecular flexibility index (Phi) is 4.02. The van der Waals surface area contributed by atoms with E-state index in [1.165, 1.54) is 0 Å². The molecule has 1 aliphatic rings. The minimum absolute atomic E-state index is 0.0144. The summed E-state index contributed by atoms with van der Waals surface area (Å²) in [5.74, 6) is -0.0144. The number of amides is 1. The second-order valence-corrected chi connectivity index (χ2v) is 6.32. The first kappa shape index (κ1) is 14.2. The first-order valence-electron chi connectivity index (χ1n) is 6.43. The number of carbonyl (C=O) groups is 1. The number of hydrogen-bond donors (Lipinski definition) is 2. The van der Waals surface area contributed by atoms with Gasteiger partial charge >= 0.3 is 0 Å². The van der Waals surface area contributed by atoms with E-state index in [0.29, 0.717) is 28.4 Å². The molecule has 1 aliphatic heterocycles. The lowest BCUT2D eigenvalue weighted by atomic mass is 9.93. The van der Waals surface area contributed by atoms with E-state index in [2.05, 4.69) is 24.1 Å². The topological polar surface area (TPSA) is 58.4 Å². The van der Waals surface area contributed by atoms with Crippen molar-refractivity contribution < 1.29 is 4.79 Å². The van der Waals surface area contributed by atoms with Gasteiger partial charge in [-0.15, -0.1) is 0 Å². The Morgan fingerprint density at radius 1 is 1.53 bits per heavy atom. The van der Waals surface area contributed by atoms with Crippen LogP contribution in [0.1, 0.15) is 20.3 Å². The van der Waals surface area contributed by atoms with Gasteiger partial charge in [-0.2, -0.15) is 0 Å². The number of nitrogens with two attached hydrogens (primary N) is 1. The predicted molar refractivity (Wildman–Crippen MR) is 79.3 cm³/mol. The minimum atomic E-state index is -0.0144. The minimum Gasteiger partial charge on any atom is -0.397 e. The maximum atomic E-state index is 11.9. The van der Waals surface area contributed by atoms with Crippen LogP contribution in [-0.2, 0) is 4.79 Å². The van der Waals surface area contributed by atoms with E-state index >= 15 is 0 Å². The zero-order valence-electron chi connectivity index (χ0n) is 11.4. The fraction of sp³-hybridized carbons (Fsp3) is 0.500. The van der Waals surface area contributed by atoms with Crippen LogP contribution in [0.15, 0.2) is 18.2 Å². The number of carbonyl (C=O) groups excluding carboxylic acids is 1. The molecular weight excluding hydrogens is 262 g/mol. The average molecular weight is 282 g/mol. The SMILES string of the molecule is CC1(C)CCN(CC(=O)Nc2ccc(Cl)c(N)c2)C1.